The van der Waals surface area contributed by atoms with Crippen LogP contribution < -0.4 is 0 Å². The van der Waals surface area contributed by atoms with Gasteiger partial charge in [-0.3, -0.25) is 4.90 Å². The first-order valence-electron chi connectivity index (χ1n) is 9.13. The zero-order chi connectivity index (χ0) is 18.3. The minimum absolute atomic E-state index is 0.0280. The van der Waals surface area contributed by atoms with Gasteiger partial charge < -0.3 is 5.11 Å². The Balaban J connectivity index is 1.79. The number of hydrogen-bond acceptors (Lipinski definition) is 5. The number of rotatable bonds is 4. The summed E-state index contributed by atoms with van der Waals surface area (Å²) in [4.78, 5) is 8.60. The Morgan fingerprint density at radius 2 is 2.12 bits per heavy atom. The highest BCUT2D eigenvalue weighted by atomic mass is 35.5. The van der Waals surface area contributed by atoms with Crippen molar-refractivity contribution in [3.05, 3.63) is 45.6 Å². The number of benzene rings is 1. The first-order chi connectivity index (χ1) is 12.6. The molecule has 0 radical (unpaired) electrons. The molecule has 3 heterocycles. The summed E-state index contributed by atoms with van der Waals surface area (Å²) in [7, 11) is 0. The highest BCUT2D eigenvalue weighted by Gasteiger charge is 2.31. The fourth-order valence-electron chi connectivity index (χ4n) is 3.61. The number of likely N-dealkylation sites (tertiary alicyclic amines) is 1. The zero-order valence-corrected chi connectivity index (χ0v) is 16.6. The van der Waals surface area contributed by atoms with E-state index in [-0.39, 0.29) is 11.9 Å². The molecule has 1 fully saturated rings. The highest BCUT2D eigenvalue weighted by molar-refractivity contribution is 7.17. The van der Waals surface area contributed by atoms with Crippen LogP contribution >= 0.6 is 22.9 Å². The van der Waals surface area contributed by atoms with E-state index in [9.17, 15) is 5.11 Å². The van der Waals surface area contributed by atoms with Crippen molar-refractivity contribution in [1.29, 1.82) is 0 Å². The third-order valence-electron chi connectivity index (χ3n) is 5.16. The highest BCUT2D eigenvalue weighted by Crippen LogP contribution is 2.41. The molecule has 0 spiro atoms. The first-order valence-corrected chi connectivity index (χ1v) is 10.3. The molecule has 0 saturated carbocycles. The molecule has 138 valence electrons. The van der Waals surface area contributed by atoms with Crippen LogP contribution in [0.5, 0.6) is 5.88 Å². The topological polar surface area (TPSA) is 53.7 Å². The Labute approximate surface area is 162 Å². The van der Waals surface area contributed by atoms with Crippen LogP contribution in [0.2, 0.25) is 5.02 Å². The van der Waals surface area contributed by atoms with Crippen LogP contribution in [0.4, 0.5) is 0 Å². The zero-order valence-electron chi connectivity index (χ0n) is 15.0. The summed E-state index contributed by atoms with van der Waals surface area (Å²) >= 11 is 7.79. The van der Waals surface area contributed by atoms with Gasteiger partial charge in [0.2, 0.25) is 10.8 Å². The van der Waals surface area contributed by atoms with E-state index in [1.54, 1.807) is 4.52 Å². The van der Waals surface area contributed by atoms with Gasteiger partial charge in [-0.05, 0) is 49.5 Å². The van der Waals surface area contributed by atoms with Gasteiger partial charge in [0, 0.05) is 11.4 Å². The van der Waals surface area contributed by atoms with Crippen molar-refractivity contribution in [1.82, 2.24) is 19.5 Å². The predicted octanol–water partition coefficient (Wildman–Crippen LogP) is 4.53. The maximum atomic E-state index is 10.9. The molecule has 0 aliphatic carbocycles. The Morgan fingerprint density at radius 1 is 1.35 bits per heavy atom. The van der Waals surface area contributed by atoms with Crippen LogP contribution in [-0.2, 0) is 6.42 Å². The summed E-state index contributed by atoms with van der Waals surface area (Å²) in [6.07, 6.45) is 3.09. The van der Waals surface area contributed by atoms with E-state index >= 15 is 0 Å². The van der Waals surface area contributed by atoms with Gasteiger partial charge in [0.05, 0.1) is 10.9 Å². The maximum absolute atomic E-state index is 10.9. The summed E-state index contributed by atoms with van der Waals surface area (Å²) in [5, 5.41) is 16.0. The molecule has 1 N–H and O–H groups in total. The molecule has 0 bridgehead atoms. The molecule has 3 aromatic rings. The molecule has 0 amide bonds. The minimum atomic E-state index is -0.0280. The fraction of sp³-hybridized carbons (Fsp3) is 0.474. The second-order valence-electron chi connectivity index (χ2n) is 7.04. The summed E-state index contributed by atoms with van der Waals surface area (Å²) in [5.74, 6) is 1.69. The van der Waals surface area contributed by atoms with Gasteiger partial charge in [-0.1, -0.05) is 48.9 Å². The van der Waals surface area contributed by atoms with Crippen LogP contribution in [0.25, 0.3) is 4.96 Å². The maximum Gasteiger partial charge on any atom is 0.230 e. The normalized spacial score (nSPS) is 17.8. The molecule has 5 nitrogen and oxygen atoms in total. The van der Waals surface area contributed by atoms with Crippen molar-refractivity contribution in [2.45, 2.75) is 39.2 Å². The molecule has 1 aliphatic rings. The molecule has 2 aromatic heterocycles. The van der Waals surface area contributed by atoms with Crippen LogP contribution in [0.15, 0.2) is 24.3 Å². The van der Waals surface area contributed by atoms with E-state index < -0.39 is 0 Å². The van der Waals surface area contributed by atoms with E-state index in [1.807, 2.05) is 25.1 Å². The molecule has 26 heavy (non-hydrogen) atoms. The molecular formula is C19H23ClN4OS. The van der Waals surface area contributed by atoms with Crippen LogP contribution in [0.1, 0.15) is 49.0 Å². The van der Waals surface area contributed by atoms with E-state index in [4.69, 9.17) is 11.6 Å². The molecule has 4 rings (SSSR count). The molecule has 7 heteroatoms. The van der Waals surface area contributed by atoms with Crippen LogP contribution in [0.3, 0.4) is 0 Å². The fourth-order valence-corrected chi connectivity index (χ4v) is 4.94. The Bertz CT molecular complexity index is 914. The molecule has 1 aliphatic heterocycles. The van der Waals surface area contributed by atoms with Gasteiger partial charge in [-0.25, -0.2) is 4.98 Å². The van der Waals surface area contributed by atoms with E-state index in [0.29, 0.717) is 5.02 Å². The second kappa shape index (κ2) is 7.18. The molecule has 0 unspecified atom stereocenters. The van der Waals surface area contributed by atoms with E-state index in [1.165, 1.54) is 24.2 Å². The smallest absolute Gasteiger partial charge is 0.230 e. The van der Waals surface area contributed by atoms with Crippen molar-refractivity contribution >= 4 is 27.9 Å². The first kappa shape index (κ1) is 17.8. The van der Waals surface area contributed by atoms with E-state index in [2.05, 4.69) is 28.0 Å². The quantitative estimate of drug-likeness (QED) is 0.710. The predicted molar refractivity (Wildman–Crippen MR) is 105 cm³/mol. The van der Waals surface area contributed by atoms with Crippen molar-refractivity contribution in [3.63, 3.8) is 0 Å². The van der Waals surface area contributed by atoms with Crippen molar-refractivity contribution < 1.29 is 5.11 Å². The number of thiazole rings is 1. The largest absolute Gasteiger partial charge is 0.492 e. The van der Waals surface area contributed by atoms with Gasteiger partial charge in [0.15, 0.2) is 5.82 Å². The van der Waals surface area contributed by atoms with Gasteiger partial charge in [0.25, 0.3) is 0 Å². The number of aromatic nitrogens is 3. The number of aromatic hydroxyl groups is 1. The number of nitrogens with zero attached hydrogens (tertiary/aromatic N) is 4. The van der Waals surface area contributed by atoms with Crippen LogP contribution in [0, 0.1) is 5.92 Å². The molecule has 1 atom stereocenters. The number of halogens is 1. The van der Waals surface area contributed by atoms with Gasteiger partial charge >= 0.3 is 0 Å². The lowest BCUT2D eigenvalue weighted by atomic mass is 9.95. The number of hydrogen-bond donors (Lipinski definition) is 1. The summed E-state index contributed by atoms with van der Waals surface area (Å²) in [6.45, 7) is 6.33. The van der Waals surface area contributed by atoms with Crippen molar-refractivity contribution in [2.24, 2.45) is 5.92 Å². The Morgan fingerprint density at radius 3 is 2.77 bits per heavy atom. The molecule has 1 aromatic carbocycles. The summed E-state index contributed by atoms with van der Waals surface area (Å²) in [6, 6.07) is 7.91. The standard InChI is InChI=1S/C19H23ClN4OS/c1-3-15-21-19-24(22-15)18(25)17(26-19)16(13-5-4-6-14(20)11-13)23-9-7-12(2)8-10-23/h4-6,11-12,16,25H,3,7-10H2,1-2H3/t16-/m0/s1. The third-order valence-corrected chi connectivity index (χ3v) is 6.46. The molecular weight excluding hydrogens is 368 g/mol. The molecule has 1 saturated heterocycles. The lowest BCUT2D eigenvalue weighted by Crippen LogP contribution is -2.36. The van der Waals surface area contributed by atoms with E-state index in [0.717, 1.165) is 46.7 Å². The third kappa shape index (κ3) is 3.21. The van der Waals surface area contributed by atoms with Gasteiger partial charge in [-0.15, -0.1) is 5.10 Å². The second-order valence-corrected chi connectivity index (χ2v) is 8.49. The monoisotopic (exact) mass is 390 g/mol. The SMILES string of the molecule is CCc1nc2sc([C@H](c3cccc(Cl)c3)N3CCC(C)CC3)c(O)n2n1. The Hall–Kier alpha value is -1.63. The number of aryl methyl sites for hydroxylation is 1. The number of fused-ring (bicyclic) bond motifs is 1. The average molecular weight is 391 g/mol. The minimum Gasteiger partial charge on any atom is -0.492 e. The summed E-state index contributed by atoms with van der Waals surface area (Å²) in [5.41, 5.74) is 1.10. The lowest BCUT2D eigenvalue weighted by molar-refractivity contribution is 0.157. The van der Waals surface area contributed by atoms with Gasteiger partial charge in [-0.2, -0.15) is 4.52 Å². The van der Waals surface area contributed by atoms with Gasteiger partial charge in [0.1, 0.15) is 0 Å². The van der Waals surface area contributed by atoms with Crippen LogP contribution in [-0.4, -0.2) is 37.7 Å². The number of piperidine rings is 1. The lowest BCUT2D eigenvalue weighted by Gasteiger charge is -2.36. The Kier molecular flexibility index (Phi) is 4.90. The summed E-state index contributed by atoms with van der Waals surface area (Å²) < 4.78 is 1.57. The van der Waals surface area contributed by atoms with Crippen molar-refractivity contribution in [3.8, 4) is 5.88 Å². The average Bonchev–Trinajstić information content (AvgIpc) is 3.17. The van der Waals surface area contributed by atoms with Crippen molar-refractivity contribution in [2.75, 3.05) is 13.1 Å².